The number of pyridine rings is 1. The molecule has 0 spiro atoms. The van der Waals surface area contributed by atoms with Gasteiger partial charge < -0.3 is 15.4 Å². The Balaban J connectivity index is 2.01. The maximum atomic E-state index is 11.8. The highest BCUT2D eigenvalue weighted by molar-refractivity contribution is 5.95. The normalized spacial score (nSPS) is 11.1. The Bertz CT molecular complexity index is 726. The van der Waals surface area contributed by atoms with Crippen molar-refractivity contribution in [3.05, 3.63) is 53.3 Å². The second-order valence-corrected chi connectivity index (χ2v) is 4.16. The third kappa shape index (κ3) is 3.79. The van der Waals surface area contributed by atoms with E-state index in [1.54, 1.807) is 0 Å². The second kappa shape index (κ2) is 6.84. The molecule has 1 aromatic carbocycles. The molecule has 0 aliphatic rings. The first-order chi connectivity index (χ1) is 10.6. The van der Waals surface area contributed by atoms with E-state index < -0.39 is 5.91 Å². The van der Waals surface area contributed by atoms with Gasteiger partial charge in [0.15, 0.2) is 0 Å². The van der Waals surface area contributed by atoms with Crippen molar-refractivity contribution in [3.8, 4) is 11.5 Å². The first kappa shape index (κ1) is 15.0. The first-order valence-corrected chi connectivity index (χ1v) is 6.09. The van der Waals surface area contributed by atoms with Crippen molar-refractivity contribution in [2.24, 2.45) is 10.3 Å². The number of aromatic hydroxyl groups is 2. The van der Waals surface area contributed by atoms with E-state index >= 15 is 0 Å². The van der Waals surface area contributed by atoms with E-state index in [0.29, 0.717) is 11.3 Å². The Morgan fingerprint density at radius 2 is 2.00 bits per heavy atom. The van der Waals surface area contributed by atoms with Gasteiger partial charge in [-0.2, -0.15) is 5.10 Å². The molecule has 0 aliphatic carbocycles. The molecule has 0 bridgehead atoms. The third-order valence-electron chi connectivity index (χ3n) is 2.62. The topological polar surface area (TPSA) is 127 Å². The van der Waals surface area contributed by atoms with Crippen molar-refractivity contribution in [1.29, 1.82) is 0 Å². The van der Waals surface area contributed by atoms with Crippen LogP contribution in [-0.2, 0) is 0 Å². The van der Waals surface area contributed by atoms with Gasteiger partial charge >= 0.3 is 0 Å². The number of hydrazone groups is 1. The minimum atomic E-state index is -0.491. The molecule has 0 radical (unpaired) electrons. The van der Waals surface area contributed by atoms with Gasteiger partial charge in [0.2, 0.25) is 0 Å². The van der Waals surface area contributed by atoms with Crippen LogP contribution >= 0.6 is 0 Å². The maximum absolute atomic E-state index is 11.8. The minimum Gasteiger partial charge on any atom is -0.508 e. The summed E-state index contributed by atoms with van der Waals surface area (Å²) < 4.78 is 0. The number of hydrogen-bond acceptors (Lipinski definition) is 7. The number of hydrogen-bond donors (Lipinski definition) is 4. The lowest BCUT2D eigenvalue weighted by atomic mass is 10.2. The largest absolute Gasteiger partial charge is 0.508 e. The van der Waals surface area contributed by atoms with Crippen LogP contribution in [0.5, 0.6) is 11.5 Å². The van der Waals surface area contributed by atoms with Crippen LogP contribution in [0.4, 0.5) is 0 Å². The number of aromatic nitrogens is 1. The zero-order valence-electron chi connectivity index (χ0n) is 11.2. The van der Waals surface area contributed by atoms with E-state index in [1.807, 2.05) is 0 Å². The van der Waals surface area contributed by atoms with E-state index in [-0.39, 0.29) is 17.1 Å². The minimum absolute atomic E-state index is 0.0729. The standard InChI is InChI=1S/C14H12N4O4/c19-12-4-2-9(13(20)5-12)7-16-18-14(21)10-1-3-11(8-17-22)15-6-10/h1-8,19-20,22H,(H,18,21)/b16-7+,17-8+. The number of rotatable bonds is 4. The highest BCUT2D eigenvalue weighted by Crippen LogP contribution is 2.20. The van der Waals surface area contributed by atoms with Crippen molar-refractivity contribution in [2.75, 3.05) is 0 Å². The lowest BCUT2D eigenvalue weighted by Crippen LogP contribution is -2.17. The summed E-state index contributed by atoms with van der Waals surface area (Å²) in [6.07, 6.45) is 3.68. The molecule has 22 heavy (non-hydrogen) atoms. The molecule has 0 saturated carbocycles. The molecule has 112 valence electrons. The summed E-state index contributed by atoms with van der Waals surface area (Å²) in [5.41, 5.74) is 3.28. The van der Waals surface area contributed by atoms with Gasteiger partial charge in [0.1, 0.15) is 11.5 Å². The average Bonchev–Trinajstić information content (AvgIpc) is 2.50. The molecule has 0 atom stereocenters. The molecule has 4 N–H and O–H groups in total. The van der Waals surface area contributed by atoms with Gasteiger partial charge in [-0.05, 0) is 24.3 Å². The molecule has 8 nitrogen and oxygen atoms in total. The number of oxime groups is 1. The molecule has 0 unspecified atom stereocenters. The Hall–Kier alpha value is -3.42. The zero-order valence-corrected chi connectivity index (χ0v) is 11.2. The molecule has 1 amide bonds. The van der Waals surface area contributed by atoms with Gasteiger partial charge in [0.25, 0.3) is 5.91 Å². The molecule has 8 heteroatoms. The molecule has 0 saturated heterocycles. The molecule has 2 rings (SSSR count). The van der Waals surface area contributed by atoms with Gasteiger partial charge in [-0.1, -0.05) is 5.16 Å². The van der Waals surface area contributed by atoms with Crippen molar-refractivity contribution < 1.29 is 20.2 Å². The number of nitrogens with zero attached hydrogens (tertiary/aromatic N) is 3. The number of nitrogens with one attached hydrogen (secondary N) is 1. The highest BCUT2D eigenvalue weighted by atomic mass is 16.4. The fraction of sp³-hybridized carbons (Fsp3) is 0. The van der Waals surface area contributed by atoms with Crippen LogP contribution < -0.4 is 5.43 Å². The van der Waals surface area contributed by atoms with E-state index in [2.05, 4.69) is 20.7 Å². The summed E-state index contributed by atoms with van der Waals surface area (Å²) in [4.78, 5) is 15.7. The van der Waals surface area contributed by atoms with Crippen LogP contribution in [0, 0.1) is 0 Å². The van der Waals surface area contributed by atoms with Crippen molar-refractivity contribution in [2.45, 2.75) is 0 Å². The Morgan fingerprint density at radius 1 is 1.18 bits per heavy atom. The van der Waals surface area contributed by atoms with Crippen LogP contribution in [-0.4, -0.2) is 38.7 Å². The third-order valence-corrected chi connectivity index (χ3v) is 2.62. The number of benzene rings is 1. The predicted molar refractivity (Wildman–Crippen MR) is 78.4 cm³/mol. The SMILES string of the molecule is O=C(N/N=C/c1ccc(O)cc1O)c1ccc(/C=N/O)nc1. The average molecular weight is 300 g/mol. The lowest BCUT2D eigenvalue weighted by Gasteiger charge is -2.01. The Morgan fingerprint density at radius 3 is 2.64 bits per heavy atom. The highest BCUT2D eigenvalue weighted by Gasteiger charge is 2.05. The van der Waals surface area contributed by atoms with Crippen LogP contribution in [0.25, 0.3) is 0 Å². The van der Waals surface area contributed by atoms with Crippen molar-refractivity contribution in [3.63, 3.8) is 0 Å². The number of phenolic OH excluding ortho intramolecular Hbond substituents is 2. The Labute approximate surface area is 125 Å². The zero-order chi connectivity index (χ0) is 15.9. The first-order valence-electron chi connectivity index (χ1n) is 6.09. The molecular formula is C14H12N4O4. The summed E-state index contributed by atoms with van der Waals surface area (Å²) >= 11 is 0. The van der Waals surface area contributed by atoms with Gasteiger partial charge in [-0.25, -0.2) is 5.43 Å². The van der Waals surface area contributed by atoms with Gasteiger partial charge in [0.05, 0.1) is 23.7 Å². The summed E-state index contributed by atoms with van der Waals surface area (Å²) in [7, 11) is 0. The maximum Gasteiger partial charge on any atom is 0.272 e. The fourth-order valence-corrected chi connectivity index (χ4v) is 1.54. The summed E-state index contributed by atoms with van der Waals surface area (Å²) in [6.45, 7) is 0. The summed E-state index contributed by atoms with van der Waals surface area (Å²) in [5, 5.41) is 33.6. The number of carbonyl (C=O) groups excluding carboxylic acids is 1. The van der Waals surface area contributed by atoms with Crippen LogP contribution in [0.3, 0.4) is 0 Å². The van der Waals surface area contributed by atoms with Crippen LogP contribution in [0.2, 0.25) is 0 Å². The monoisotopic (exact) mass is 300 g/mol. The Kier molecular flexibility index (Phi) is 4.66. The predicted octanol–water partition coefficient (Wildman–Crippen LogP) is 1.06. The van der Waals surface area contributed by atoms with Gasteiger partial charge in [0, 0.05) is 17.8 Å². The number of carbonyl (C=O) groups is 1. The molecule has 2 aromatic rings. The number of amides is 1. The number of phenols is 2. The van der Waals surface area contributed by atoms with Crippen LogP contribution in [0.15, 0.2) is 46.8 Å². The molecule has 0 fully saturated rings. The molecule has 1 heterocycles. The molecule has 1 aromatic heterocycles. The molecular weight excluding hydrogens is 288 g/mol. The van der Waals surface area contributed by atoms with Crippen molar-refractivity contribution >= 4 is 18.3 Å². The quantitative estimate of drug-likeness (QED) is 0.381. The van der Waals surface area contributed by atoms with Crippen LogP contribution in [0.1, 0.15) is 21.6 Å². The smallest absolute Gasteiger partial charge is 0.272 e. The van der Waals surface area contributed by atoms with E-state index in [1.165, 1.54) is 36.7 Å². The van der Waals surface area contributed by atoms with Gasteiger partial charge in [-0.15, -0.1) is 0 Å². The van der Waals surface area contributed by atoms with Gasteiger partial charge in [-0.3, -0.25) is 9.78 Å². The lowest BCUT2D eigenvalue weighted by molar-refractivity contribution is 0.0954. The van der Waals surface area contributed by atoms with E-state index in [9.17, 15) is 9.90 Å². The van der Waals surface area contributed by atoms with E-state index in [4.69, 9.17) is 10.3 Å². The fourth-order valence-electron chi connectivity index (χ4n) is 1.54. The summed E-state index contributed by atoms with van der Waals surface area (Å²) in [5.74, 6) is -0.724. The summed E-state index contributed by atoms with van der Waals surface area (Å²) in [6, 6.07) is 6.99. The van der Waals surface area contributed by atoms with E-state index in [0.717, 1.165) is 12.3 Å². The van der Waals surface area contributed by atoms with Crippen molar-refractivity contribution in [1.82, 2.24) is 10.4 Å². The second-order valence-electron chi connectivity index (χ2n) is 4.16. The molecule has 0 aliphatic heterocycles.